The van der Waals surface area contributed by atoms with Crippen LogP contribution in [0, 0.1) is 13.8 Å². The van der Waals surface area contributed by atoms with Gasteiger partial charge in [-0.2, -0.15) is 9.78 Å². The second-order valence-electron chi connectivity index (χ2n) is 6.97. The van der Waals surface area contributed by atoms with E-state index in [1.807, 2.05) is 44.2 Å². The zero-order chi connectivity index (χ0) is 21.3. The molecular formula is C23H20N4O3. The summed E-state index contributed by atoms with van der Waals surface area (Å²) in [5.74, 6) is 0.812. The van der Waals surface area contributed by atoms with Gasteiger partial charge in [0.15, 0.2) is 5.82 Å². The highest BCUT2D eigenvalue weighted by Gasteiger charge is 2.15. The van der Waals surface area contributed by atoms with E-state index in [0.717, 1.165) is 22.2 Å². The monoisotopic (exact) mass is 400 g/mol. The number of fused-ring (bicyclic) bond motifs is 1. The SMILES string of the molecule is CC(=O)Oc1ccc(C(=O)Nc2cc(C)nn2-c2cc(C)c3ccccc3n2)cc1. The van der Waals surface area contributed by atoms with E-state index >= 15 is 0 Å². The molecule has 1 amide bonds. The van der Waals surface area contributed by atoms with Crippen molar-refractivity contribution in [2.45, 2.75) is 20.8 Å². The quantitative estimate of drug-likeness (QED) is 0.410. The van der Waals surface area contributed by atoms with Gasteiger partial charge in [0.05, 0.1) is 11.2 Å². The lowest BCUT2D eigenvalue weighted by Crippen LogP contribution is -2.15. The Morgan fingerprint density at radius 2 is 1.73 bits per heavy atom. The van der Waals surface area contributed by atoms with Gasteiger partial charge in [-0.05, 0) is 55.8 Å². The first-order valence-electron chi connectivity index (χ1n) is 9.44. The third-order valence-electron chi connectivity index (χ3n) is 4.58. The minimum Gasteiger partial charge on any atom is -0.427 e. The molecule has 7 nitrogen and oxygen atoms in total. The second kappa shape index (κ2) is 7.79. The highest BCUT2D eigenvalue weighted by atomic mass is 16.5. The number of ether oxygens (including phenoxy) is 1. The molecule has 2 heterocycles. The number of amides is 1. The fourth-order valence-electron chi connectivity index (χ4n) is 3.23. The maximum absolute atomic E-state index is 12.7. The molecule has 1 N–H and O–H groups in total. The summed E-state index contributed by atoms with van der Waals surface area (Å²) in [7, 11) is 0. The van der Waals surface area contributed by atoms with Crippen LogP contribution in [0.4, 0.5) is 5.82 Å². The van der Waals surface area contributed by atoms with Gasteiger partial charge in [-0.25, -0.2) is 4.98 Å². The molecule has 2 aromatic heterocycles. The van der Waals surface area contributed by atoms with E-state index in [9.17, 15) is 9.59 Å². The highest BCUT2D eigenvalue weighted by molar-refractivity contribution is 6.04. The molecule has 0 aliphatic heterocycles. The summed E-state index contributed by atoms with van der Waals surface area (Å²) in [6.45, 7) is 5.20. The lowest BCUT2D eigenvalue weighted by Gasteiger charge is -2.11. The van der Waals surface area contributed by atoms with Crippen LogP contribution in [-0.2, 0) is 4.79 Å². The van der Waals surface area contributed by atoms with E-state index in [2.05, 4.69) is 10.4 Å². The number of carbonyl (C=O) groups is 2. The van der Waals surface area contributed by atoms with Crippen LogP contribution < -0.4 is 10.1 Å². The van der Waals surface area contributed by atoms with Crippen molar-refractivity contribution in [2.75, 3.05) is 5.32 Å². The van der Waals surface area contributed by atoms with Crippen LogP contribution in [0.2, 0.25) is 0 Å². The van der Waals surface area contributed by atoms with E-state index < -0.39 is 5.97 Å². The normalized spacial score (nSPS) is 10.8. The largest absolute Gasteiger partial charge is 0.427 e. The van der Waals surface area contributed by atoms with Gasteiger partial charge in [0.25, 0.3) is 5.91 Å². The number of benzene rings is 2. The van der Waals surface area contributed by atoms with E-state index in [-0.39, 0.29) is 5.91 Å². The Hall–Kier alpha value is -4.00. The Labute approximate surface area is 173 Å². The van der Waals surface area contributed by atoms with Crippen LogP contribution in [0.1, 0.15) is 28.5 Å². The van der Waals surface area contributed by atoms with Crippen molar-refractivity contribution < 1.29 is 14.3 Å². The maximum Gasteiger partial charge on any atom is 0.308 e. The van der Waals surface area contributed by atoms with Crippen molar-refractivity contribution >= 4 is 28.6 Å². The maximum atomic E-state index is 12.7. The van der Waals surface area contributed by atoms with Gasteiger partial charge in [-0.15, -0.1) is 0 Å². The number of nitrogens with one attached hydrogen (secondary N) is 1. The summed E-state index contributed by atoms with van der Waals surface area (Å²) in [6, 6.07) is 18.0. The summed E-state index contributed by atoms with van der Waals surface area (Å²) in [4.78, 5) is 28.5. The van der Waals surface area contributed by atoms with Crippen LogP contribution in [0.5, 0.6) is 5.75 Å². The molecule has 0 fully saturated rings. The third kappa shape index (κ3) is 3.91. The summed E-state index contributed by atoms with van der Waals surface area (Å²) in [5.41, 5.74) is 3.11. The molecule has 2 aromatic carbocycles. The number of esters is 1. The van der Waals surface area contributed by atoms with Crippen LogP contribution in [0.3, 0.4) is 0 Å². The van der Waals surface area contributed by atoms with Gasteiger partial charge in [0, 0.05) is 23.9 Å². The zero-order valence-electron chi connectivity index (χ0n) is 16.8. The van der Waals surface area contributed by atoms with Crippen molar-refractivity contribution in [3.63, 3.8) is 0 Å². The first kappa shape index (κ1) is 19.3. The molecule has 7 heteroatoms. The molecule has 0 atom stereocenters. The molecular weight excluding hydrogens is 380 g/mol. The minimum atomic E-state index is -0.412. The standard InChI is InChI=1S/C23H20N4O3/c1-14-12-21(24-20-7-5-4-6-19(14)20)27-22(13-15(2)26-27)25-23(29)17-8-10-18(11-9-17)30-16(3)28/h4-13H,1-3H3,(H,25,29). The Balaban J connectivity index is 1.64. The lowest BCUT2D eigenvalue weighted by atomic mass is 10.1. The average molecular weight is 400 g/mol. The number of aryl methyl sites for hydroxylation is 2. The van der Waals surface area contributed by atoms with Gasteiger partial charge in [-0.3, -0.25) is 9.59 Å². The molecule has 0 aliphatic rings. The summed E-state index contributed by atoms with van der Waals surface area (Å²) in [6.07, 6.45) is 0. The molecule has 0 saturated heterocycles. The van der Waals surface area contributed by atoms with E-state index in [1.54, 1.807) is 35.0 Å². The van der Waals surface area contributed by atoms with Crippen molar-refractivity contribution in [2.24, 2.45) is 0 Å². The topological polar surface area (TPSA) is 86.1 Å². The number of anilines is 1. The molecule has 0 radical (unpaired) electrons. The molecule has 4 rings (SSSR count). The van der Waals surface area contributed by atoms with Crippen molar-refractivity contribution in [3.05, 3.63) is 77.5 Å². The third-order valence-corrected chi connectivity index (χ3v) is 4.58. The average Bonchev–Trinajstić information content (AvgIpc) is 3.08. The van der Waals surface area contributed by atoms with Gasteiger partial charge in [-0.1, -0.05) is 18.2 Å². The minimum absolute atomic E-state index is 0.303. The number of nitrogens with zero attached hydrogens (tertiary/aromatic N) is 3. The Kier molecular flexibility index (Phi) is 5.02. The summed E-state index contributed by atoms with van der Waals surface area (Å²) in [5, 5.41) is 8.46. The van der Waals surface area contributed by atoms with E-state index in [4.69, 9.17) is 9.72 Å². The number of pyridine rings is 1. The first-order valence-corrected chi connectivity index (χ1v) is 9.44. The van der Waals surface area contributed by atoms with E-state index in [0.29, 0.717) is 22.9 Å². The van der Waals surface area contributed by atoms with Crippen molar-refractivity contribution in [1.29, 1.82) is 0 Å². The van der Waals surface area contributed by atoms with Gasteiger partial charge in [0.1, 0.15) is 11.6 Å². The number of rotatable bonds is 4. The second-order valence-corrected chi connectivity index (χ2v) is 6.97. The number of para-hydroxylation sites is 1. The number of aromatic nitrogens is 3. The van der Waals surface area contributed by atoms with Crippen molar-refractivity contribution in [3.8, 4) is 11.6 Å². The first-order chi connectivity index (χ1) is 14.4. The highest BCUT2D eigenvalue weighted by Crippen LogP contribution is 2.23. The number of carbonyl (C=O) groups excluding carboxylic acids is 2. The van der Waals surface area contributed by atoms with Crippen LogP contribution in [0.15, 0.2) is 60.7 Å². The number of hydrogen-bond donors (Lipinski definition) is 1. The summed E-state index contributed by atoms with van der Waals surface area (Å²) < 4.78 is 6.63. The molecule has 0 saturated carbocycles. The van der Waals surface area contributed by atoms with Crippen LogP contribution in [-0.4, -0.2) is 26.6 Å². The molecule has 30 heavy (non-hydrogen) atoms. The van der Waals surface area contributed by atoms with Gasteiger partial charge < -0.3 is 10.1 Å². The fraction of sp³-hybridized carbons (Fsp3) is 0.130. The van der Waals surface area contributed by atoms with E-state index in [1.165, 1.54) is 6.92 Å². The molecule has 150 valence electrons. The zero-order valence-corrected chi connectivity index (χ0v) is 16.8. The molecule has 4 aromatic rings. The Morgan fingerprint density at radius 3 is 2.47 bits per heavy atom. The fourth-order valence-corrected chi connectivity index (χ4v) is 3.23. The molecule has 0 bridgehead atoms. The molecule has 0 aliphatic carbocycles. The Bertz CT molecular complexity index is 1260. The summed E-state index contributed by atoms with van der Waals surface area (Å²) >= 11 is 0. The lowest BCUT2D eigenvalue weighted by molar-refractivity contribution is -0.131. The molecule has 0 spiro atoms. The predicted octanol–water partition coefficient (Wildman–Crippen LogP) is 4.21. The predicted molar refractivity (Wildman–Crippen MR) is 114 cm³/mol. The van der Waals surface area contributed by atoms with Gasteiger partial charge >= 0.3 is 5.97 Å². The van der Waals surface area contributed by atoms with Crippen LogP contribution >= 0.6 is 0 Å². The van der Waals surface area contributed by atoms with Gasteiger partial charge in [0.2, 0.25) is 0 Å². The van der Waals surface area contributed by atoms with Crippen molar-refractivity contribution in [1.82, 2.24) is 14.8 Å². The Morgan fingerprint density at radius 1 is 1.00 bits per heavy atom. The smallest absolute Gasteiger partial charge is 0.308 e. The number of hydrogen-bond acceptors (Lipinski definition) is 5. The molecule has 0 unspecified atom stereocenters. The van der Waals surface area contributed by atoms with Crippen LogP contribution in [0.25, 0.3) is 16.7 Å².